The van der Waals surface area contributed by atoms with E-state index in [1.54, 1.807) is 13.0 Å². The Balaban J connectivity index is 0.000000280. The second kappa shape index (κ2) is 8.29. The van der Waals surface area contributed by atoms with Crippen molar-refractivity contribution < 1.29 is 14.6 Å². The molecule has 0 saturated heterocycles. The van der Waals surface area contributed by atoms with Crippen molar-refractivity contribution >= 4 is 12.4 Å². The average Bonchev–Trinajstić information content (AvgIpc) is 2.71. The highest BCUT2D eigenvalue weighted by molar-refractivity contribution is 5.85. The molecule has 14 heavy (non-hydrogen) atoms. The van der Waals surface area contributed by atoms with Crippen LogP contribution in [0.25, 0.3) is 0 Å². The minimum atomic E-state index is -0.816. The topological polar surface area (TPSA) is 58.9 Å². The number of carbonyl (C=O) groups is 1. The van der Waals surface area contributed by atoms with E-state index in [0.29, 0.717) is 5.57 Å². The number of carboxylic acids is 1. The molecule has 1 aliphatic heterocycles. The Morgan fingerprint density at radius 3 is 2.71 bits per heavy atom. The van der Waals surface area contributed by atoms with Gasteiger partial charge in [-0.2, -0.15) is 0 Å². The molecule has 0 aromatic rings. The SMILES string of the molecule is C1=NCCO1.CCC/C=C(\C)C(=O)O. The average molecular weight is 199 g/mol. The molecule has 1 rings (SSSR count). The van der Waals surface area contributed by atoms with E-state index in [9.17, 15) is 4.79 Å². The summed E-state index contributed by atoms with van der Waals surface area (Å²) in [5.41, 5.74) is 0.442. The number of allylic oxidation sites excluding steroid dienone is 1. The van der Waals surface area contributed by atoms with Crippen LogP contribution in [0.15, 0.2) is 16.6 Å². The standard InChI is InChI=1S/C7H12O2.C3H5NO/c1-3-4-5-6(2)7(8)9;1-2-5-3-4-1/h5H,3-4H2,1-2H3,(H,8,9);3H,1-2H2/b6-5+;. The van der Waals surface area contributed by atoms with Crippen molar-refractivity contribution in [2.75, 3.05) is 13.2 Å². The van der Waals surface area contributed by atoms with Gasteiger partial charge in [0.05, 0.1) is 6.54 Å². The maximum absolute atomic E-state index is 10.1. The van der Waals surface area contributed by atoms with Gasteiger partial charge >= 0.3 is 5.97 Å². The zero-order chi connectivity index (χ0) is 10.8. The number of hydrogen-bond donors (Lipinski definition) is 1. The summed E-state index contributed by atoms with van der Waals surface area (Å²) < 4.78 is 4.65. The summed E-state index contributed by atoms with van der Waals surface area (Å²) in [4.78, 5) is 13.9. The lowest BCUT2D eigenvalue weighted by Crippen LogP contribution is -1.95. The van der Waals surface area contributed by atoms with Crippen molar-refractivity contribution in [3.8, 4) is 0 Å². The van der Waals surface area contributed by atoms with Crippen molar-refractivity contribution in [3.63, 3.8) is 0 Å². The van der Waals surface area contributed by atoms with Crippen LogP contribution in [-0.2, 0) is 9.53 Å². The fraction of sp³-hybridized carbons (Fsp3) is 0.600. The Kier molecular flexibility index (Phi) is 7.50. The summed E-state index contributed by atoms with van der Waals surface area (Å²) in [7, 11) is 0. The molecule has 0 spiro atoms. The predicted octanol–water partition coefficient (Wildman–Crippen LogP) is 1.86. The van der Waals surface area contributed by atoms with Gasteiger partial charge < -0.3 is 9.84 Å². The third-order valence-electron chi connectivity index (χ3n) is 1.56. The third kappa shape index (κ3) is 7.34. The second-order valence-corrected chi connectivity index (χ2v) is 2.86. The molecule has 0 fully saturated rings. The highest BCUT2D eigenvalue weighted by Crippen LogP contribution is 1.96. The van der Waals surface area contributed by atoms with Gasteiger partial charge in [0, 0.05) is 5.57 Å². The molecular formula is C10H17NO3. The maximum atomic E-state index is 10.1. The minimum absolute atomic E-state index is 0.442. The Bertz CT molecular complexity index is 215. The summed E-state index contributed by atoms with van der Waals surface area (Å²) in [5.74, 6) is -0.816. The number of aliphatic carboxylic acids is 1. The van der Waals surface area contributed by atoms with Crippen molar-refractivity contribution in [1.82, 2.24) is 0 Å². The van der Waals surface area contributed by atoms with Gasteiger partial charge in [0.15, 0.2) is 6.40 Å². The Hall–Kier alpha value is -1.32. The summed E-state index contributed by atoms with van der Waals surface area (Å²) in [6.45, 7) is 5.25. The summed E-state index contributed by atoms with van der Waals surface area (Å²) in [6, 6.07) is 0. The molecule has 1 heterocycles. The first-order valence-corrected chi connectivity index (χ1v) is 4.68. The number of unbranched alkanes of at least 4 members (excludes halogenated alkanes) is 1. The van der Waals surface area contributed by atoms with Gasteiger partial charge in [-0.1, -0.05) is 19.4 Å². The molecule has 80 valence electrons. The van der Waals surface area contributed by atoms with Gasteiger partial charge in [0.1, 0.15) is 6.61 Å². The number of rotatable bonds is 3. The predicted molar refractivity (Wildman–Crippen MR) is 55.6 cm³/mol. The summed E-state index contributed by atoms with van der Waals surface area (Å²) in [6.07, 6.45) is 5.09. The van der Waals surface area contributed by atoms with E-state index in [2.05, 4.69) is 9.73 Å². The van der Waals surface area contributed by atoms with Gasteiger partial charge in [0.25, 0.3) is 0 Å². The summed E-state index contributed by atoms with van der Waals surface area (Å²) >= 11 is 0. The molecule has 4 nitrogen and oxygen atoms in total. The lowest BCUT2D eigenvalue weighted by atomic mass is 10.2. The van der Waals surface area contributed by atoms with Crippen molar-refractivity contribution in [2.24, 2.45) is 4.99 Å². The van der Waals surface area contributed by atoms with Crippen LogP contribution >= 0.6 is 0 Å². The Morgan fingerprint density at radius 1 is 1.71 bits per heavy atom. The lowest BCUT2D eigenvalue weighted by molar-refractivity contribution is -0.132. The van der Waals surface area contributed by atoms with Crippen LogP contribution < -0.4 is 0 Å². The van der Waals surface area contributed by atoms with Gasteiger partial charge in [-0.25, -0.2) is 4.79 Å². The molecule has 0 unspecified atom stereocenters. The number of nitrogens with zero attached hydrogens (tertiary/aromatic N) is 1. The normalized spacial score (nSPS) is 14.3. The van der Waals surface area contributed by atoms with Crippen LogP contribution in [0.5, 0.6) is 0 Å². The molecule has 0 aliphatic carbocycles. The van der Waals surface area contributed by atoms with Crippen LogP contribution in [0.4, 0.5) is 0 Å². The van der Waals surface area contributed by atoms with Gasteiger partial charge in [-0.05, 0) is 13.3 Å². The lowest BCUT2D eigenvalue weighted by Gasteiger charge is -1.89. The van der Waals surface area contributed by atoms with Crippen LogP contribution in [-0.4, -0.2) is 30.6 Å². The van der Waals surface area contributed by atoms with Gasteiger partial charge in [-0.3, -0.25) is 4.99 Å². The molecule has 0 aromatic carbocycles. The Morgan fingerprint density at radius 2 is 2.43 bits per heavy atom. The first-order valence-electron chi connectivity index (χ1n) is 4.68. The van der Waals surface area contributed by atoms with Crippen molar-refractivity contribution in [2.45, 2.75) is 26.7 Å². The molecule has 0 aromatic heterocycles. The van der Waals surface area contributed by atoms with Gasteiger partial charge in [0.2, 0.25) is 0 Å². The first-order chi connectivity index (χ1) is 6.68. The van der Waals surface area contributed by atoms with Crippen LogP contribution in [0.3, 0.4) is 0 Å². The van der Waals surface area contributed by atoms with Gasteiger partial charge in [-0.15, -0.1) is 0 Å². The zero-order valence-electron chi connectivity index (χ0n) is 8.69. The van der Waals surface area contributed by atoms with E-state index in [1.807, 2.05) is 6.92 Å². The largest absolute Gasteiger partial charge is 0.482 e. The quantitative estimate of drug-likeness (QED) is 0.706. The second-order valence-electron chi connectivity index (χ2n) is 2.86. The number of hydrogen-bond acceptors (Lipinski definition) is 3. The highest BCUT2D eigenvalue weighted by Gasteiger charge is 1.95. The number of ether oxygens (including phenoxy) is 1. The monoisotopic (exact) mass is 199 g/mol. The van der Waals surface area contributed by atoms with Crippen LogP contribution in [0.2, 0.25) is 0 Å². The molecule has 0 bridgehead atoms. The molecule has 0 amide bonds. The molecule has 0 saturated carbocycles. The smallest absolute Gasteiger partial charge is 0.330 e. The van der Waals surface area contributed by atoms with E-state index in [-0.39, 0.29) is 0 Å². The third-order valence-corrected chi connectivity index (χ3v) is 1.56. The fourth-order valence-corrected chi connectivity index (χ4v) is 0.712. The van der Waals surface area contributed by atoms with E-state index >= 15 is 0 Å². The van der Waals surface area contributed by atoms with E-state index in [4.69, 9.17) is 5.11 Å². The van der Waals surface area contributed by atoms with Crippen LogP contribution in [0, 0.1) is 0 Å². The summed E-state index contributed by atoms with van der Waals surface area (Å²) in [5, 5.41) is 8.34. The first kappa shape index (κ1) is 12.7. The fourth-order valence-electron chi connectivity index (χ4n) is 0.712. The molecule has 4 heteroatoms. The minimum Gasteiger partial charge on any atom is -0.482 e. The molecule has 1 aliphatic rings. The van der Waals surface area contributed by atoms with Crippen molar-refractivity contribution in [3.05, 3.63) is 11.6 Å². The number of carboxylic acid groups (broad SMARTS) is 1. The molecular weight excluding hydrogens is 182 g/mol. The van der Waals surface area contributed by atoms with E-state index in [0.717, 1.165) is 26.0 Å². The van der Waals surface area contributed by atoms with Crippen LogP contribution in [0.1, 0.15) is 26.7 Å². The maximum Gasteiger partial charge on any atom is 0.330 e. The highest BCUT2D eigenvalue weighted by atomic mass is 16.5. The molecule has 0 radical (unpaired) electrons. The van der Waals surface area contributed by atoms with E-state index < -0.39 is 5.97 Å². The van der Waals surface area contributed by atoms with Crippen molar-refractivity contribution in [1.29, 1.82) is 0 Å². The number of aliphatic imine (C=N–C) groups is 1. The molecule has 0 atom stereocenters. The Labute approximate surface area is 84.3 Å². The van der Waals surface area contributed by atoms with E-state index in [1.165, 1.54) is 6.40 Å². The zero-order valence-corrected chi connectivity index (χ0v) is 8.69. The molecule has 1 N–H and O–H groups in total.